The molecule has 14 heavy (non-hydrogen) atoms. The van der Waals surface area contributed by atoms with Crippen molar-refractivity contribution in [3.63, 3.8) is 0 Å². The highest BCUT2D eigenvalue weighted by molar-refractivity contribution is 14.1. The molecule has 0 spiro atoms. The van der Waals surface area contributed by atoms with E-state index in [0.717, 1.165) is 0 Å². The highest BCUT2D eigenvalue weighted by Crippen LogP contribution is 2.29. The average Bonchev–Trinajstić information content (AvgIpc) is 2.01. The molecule has 0 bridgehead atoms. The van der Waals surface area contributed by atoms with Crippen LogP contribution in [0.5, 0.6) is 0 Å². The second kappa shape index (κ2) is 4.35. The molecular formula is C7H4ClF2IN2O. The molecule has 0 aliphatic rings. The van der Waals surface area contributed by atoms with Gasteiger partial charge >= 0.3 is 0 Å². The predicted molar refractivity (Wildman–Crippen MR) is 56.5 cm³/mol. The van der Waals surface area contributed by atoms with Crippen LogP contribution in [0, 0.1) is 3.57 Å². The predicted octanol–water partition coefficient (Wildman–Crippen LogP) is 2.59. The van der Waals surface area contributed by atoms with E-state index in [1.807, 2.05) is 0 Å². The SMILES string of the molecule is Nc1cc(I)c(C(F)F)c(C(=O)Cl)n1. The first-order valence-electron chi connectivity index (χ1n) is 3.37. The summed E-state index contributed by atoms with van der Waals surface area (Å²) in [6, 6.07) is 1.26. The highest BCUT2D eigenvalue weighted by Gasteiger charge is 2.22. The number of carbonyl (C=O) groups is 1. The van der Waals surface area contributed by atoms with Gasteiger partial charge in [-0.2, -0.15) is 0 Å². The van der Waals surface area contributed by atoms with Gasteiger partial charge in [0.15, 0.2) is 0 Å². The summed E-state index contributed by atoms with van der Waals surface area (Å²) < 4.78 is 25.1. The van der Waals surface area contributed by atoms with E-state index in [1.165, 1.54) is 6.07 Å². The maximum atomic E-state index is 12.5. The van der Waals surface area contributed by atoms with Crippen molar-refractivity contribution in [2.45, 2.75) is 6.43 Å². The van der Waals surface area contributed by atoms with Gasteiger partial charge in [0.25, 0.3) is 11.7 Å². The van der Waals surface area contributed by atoms with E-state index in [2.05, 4.69) is 4.98 Å². The minimum absolute atomic E-state index is 0.0113. The fourth-order valence-electron chi connectivity index (χ4n) is 0.900. The number of alkyl halides is 2. The van der Waals surface area contributed by atoms with Gasteiger partial charge in [-0.1, -0.05) is 0 Å². The number of anilines is 1. The molecule has 1 aromatic rings. The molecule has 0 amide bonds. The molecule has 1 heterocycles. The molecule has 2 N–H and O–H groups in total. The van der Waals surface area contributed by atoms with Gasteiger partial charge in [-0.25, -0.2) is 13.8 Å². The number of nitrogens with zero attached hydrogens (tertiary/aromatic N) is 1. The largest absolute Gasteiger partial charge is 0.384 e. The summed E-state index contributed by atoms with van der Waals surface area (Å²) in [5.74, 6) is -0.0113. The second-order valence-electron chi connectivity index (χ2n) is 2.37. The van der Waals surface area contributed by atoms with Crippen LogP contribution in [0.4, 0.5) is 14.6 Å². The minimum Gasteiger partial charge on any atom is -0.384 e. The molecule has 0 unspecified atom stereocenters. The number of halogens is 4. The second-order valence-corrected chi connectivity index (χ2v) is 3.87. The average molecular weight is 332 g/mol. The Labute approximate surface area is 96.8 Å². The molecular weight excluding hydrogens is 328 g/mol. The Hall–Kier alpha value is -0.500. The summed E-state index contributed by atoms with van der Waals surface area (Å²) >= 11 is 6.75. The third kappa shape index (κ3) is 2.30. The van der Waals surface area contributed by atoms with Crippen molar-refractivity contribution in [1.82, 2.24) is 4.98 Å². The van der Waals surface area contributed by atoms with Crippen LogP contribution in [0.15, 0.2) is 6.07 Å². The van der Waals surface area contributed by atoms with Gasteiger partial charge in [0.1, 0.15) is 11.5 Å². The molecule has 0 radical (unpaired) electrons. The van der Waals surface area contributed by atoms with E-state index in [4.69, 9.17) is 17.3 Å². The van der Waals surface area contributed by atoms with Gasteiger partial charge in [-0.15, -0.1) is 0 Å². The zero-order valence-corrected chi connectivity index (χ0v) is 9.51. The van der Waals surface area contributed by atoms with Gasteiger partial charge in [0, 0.05) is 3.57 Å². The van der Waals surface area contributed by atoms with Gasteiger partial charge < -0.3 is 5.73 Å². The molecule has 0 aromatic carbocycles. The van der Waals surface area contributed by atoms with Crippen molar-refractivity contribution in [3.8, 4) is 0 Å². The van der Waals surface area contributed by atoms with Crippen molar-refractivity contribution in [1.29, 1.82) is 0 Å². The number of nitrogen functional groups attached to an aromatic ring is 1. The van der Waals surface area contributed by atoms with Crippen LogP contribution in [0.3, 0.4) is 0 Å². The number of pyridine rings is 1. The fourth-order valence-corrected chi connectivity index (χ4v) is 1.85. The topological polar surface area (TPSA) is 56.0 Å². The summed E-state index contributed by atoms with van der Waals surface area (Å²) in [7, 11) is 0. The summed E-state index contributed by atoms with van der Waals surface area (Å²) in [5, 5.41) is -1.04. The molecule has 0 saturated heterocycles. The van der Waals surface area contributed by atoms with Gasteiger partial charge in [-0.05, 0) is 40.3 Å². The van der Waals surface area contributed by atoms with Crippen molar-refractivity contribution in [3.05, 3.63) is 20.9 Å². The van der Waals surface area contributed by atoms with Crippen LogP contribution in [0.1, 0.15) is 22.5 Å². The molecule has 7 heteroatoms. The number of rotatable bonds is 2. The normalized spacial score (nSPS) is 10.6. The highest BCUT2D eigenvalue weighted by atomic mass is 127. The molecule has 0 saturated carbocycles. The molecule has 0 fully saturated rings. The lowest BCUT2D eigenvalue weighted by molar-refractivity contribution is 0.106. The third-order valence-electron chi connectivity index (χ3n) is 1.43. The Kier molecular flexibility index (Phi) is 3.59. The fraction of sp³-hybridized carbons (Fsp3) is 0.143. The number of nitrogens with two attached hydrogens (primary N) is 1. The smallest absolute Gasteiger partial charge is 0.271 e. The van der Waals surface area contributed by atoms with E-state index in [-0.39, 0.29) is 9.39 Å². The molecule has 76 valence electrons. The van der Waals surface area contributed by atoms with Crippen molar-refractivity contribution >= 4 is 45.3 Å². The van der Waals surface area contributed by atoms with Crippen LogP contribution < -0.4 is 5.73 Å². The first kappa shape index (κ1) is 11.6. The number of hydrogen-bond donors (Lipinski definition) is 1. The van der Waals surface area contributed by atoms with Crippen molar-refractivity contribution in [2.75, 3.05) is 5.73 Å². The number of aromatic nitrogens is 1. The Morgan fingerprint density at radius 1 is 1.64 bits per heavy atom. The van der Waals surface area contributed by atoms with Gasteiger partial charge in [0.2, 0.25) is 0 Å². The lowest BCUT2D eigenvalue weighted by Gasteiger charge is -2.07. The number of carbonyl (C=O) groups excluding carboxylic acids is 1. The van der Waals surface area contributed by atoms with E-state index in [9.17, 15) is 13.6 Å². The first-order chi connectivity index (χ1) is 6.43. The molecule has 1 rings (SSSR count). The Bertz CT molecular complexity index is 386. The minimum atomic E-state index is -2.80. The van der Waals surface area contributed by atoms with Crippen LogP contribution in [-0.4, -0.2) is 10.2 Å². The summed E-state index contributed by atoms with van der Waals surface area (Å²) in [5.41, 5.74) is 4.34. The van der Waals surface area contributed by atoms with Crippen molar-refractivity contribution < 1.29 is 13.6 Å². The maximum Gasteiger partial charge on any atom is 0.271 e. The molecule has 0 aliphatic carbocycles. The zero-order chi connectivity index (χ0) is 10.9. The monoisotopic (exact) mass is 332 g/mol. The standard InChI is InChI=1S/C7H4ClF2IN2O/c8-6(14)5-4(7(9)10)2(11)1-3(12)13-5/h1,7H,(H2,12,13). The molecule has 0 atom stereocenters. The quantitative estimate of drug-likeness (QED) is 0.669. The maximum absolute atomic E-state index is 12.5. The van der Waals surface area contributed by atoms with E-state index < -0.39 is 22.9 Å². The number of hydrogen-bond acceptors (Lipinski definition) is 3. The Morgan fingerprint density at radius 2 is 2.21 bits per heavy atom. The van der Waals surface area contributed by atoms with Gasteiger partial charge in [0.05, 0.1) is 5.56 Å². The van der Waals surface area contributed by atoms with Crippen molar-refractivity contribution in [2.24, 2.45) is 0 Å². The molecule has 1 aromatic heterocycles. The van der Waals surface area contributed by atoms with Gasteiger partial charge in [-0.3, -0.25) is 4.79 Å². The molecule has 0 aliphatic heterocycles. The third-order valence-corrected chi connectivity index (χ3v) is 2.50. The lowest BCUT2D eigenvalue weighted by atomic mass is 10.2. The summed E-state index contributed by atoms with van der Waals surface area (Å²) in [6.07, 6.45) is -2.80. The summed E-state index contributed by atoms with van der Waals surface area (Å²) in [4.78, 5) is 14.3. The van der Waals surface area contributed by atoms with Crippen LogP contribution >= 0.6 is 34.2 Å². The van der Waals surface area contributed by atoms with Crippen LogP contribution in [-0.2, 0) is 0 Å². The Morgan fingerprint density at radius 3 is 2.64 bits per heavy atom. The lowest BCUT2D eigenvalue weighted by Crippen LogP contribution is -2.07. The first-order valence-corrected chi connectivity index (χ1v) is 4.83. The molecule has 3 nitrogen and oxygen atoms in total. The van der Waals surface area contributed by atoms with E-state index >= 15 is 0 Å². The zero-order valence-electron chi connectivity index (χ0n) is 6.60. The Balaban J connectivity index is 3.44. The van der Waals surface area contributed by atoms with Crippen LogP contribution in [0.2, 0.25) is 0 Å². The van der Waals surface area contributed by atoms with E-state index in [1.54, 1.807) is 22.6 Å². The summed E-state index contributed by atoms with van der Waals surface area (Å²) in [6.45, 7) is 0. The van der Waals surface area contributed by atoms with Crippen LogP contribution in [0.25, 0.3) is 0 Å². The van der Waals surface area contributed by atoms with E-state index in [0.29, 0.717) is 0 Å².